The molecule has 0 radical (unpaired) electrons. The molecule has 8 nitrogen and oxygen atoms in total. The molecule has 3 rings (SSSR count). The number of carbonyl (C=O) groups excluding carboxylic acids is 2. The van der Waals surface area contributed by atoms with Crippen molar-refractivity contribution in [2.24, 2.45) is 0 Å². The number of methoxy groups -OCH3 is 1. The molecule has 0 saturated carbocycles. The van der Waals surface area contributed by atoms with E-state index in [4.69, 9.17) is 32.7 Å². The molecule has 2 heterocycles. The molecule has 186 valence electrons. The monoisotopic (exact) mass is 522 g/mol. The number of hydrogen-bond donors (Lipinski definition) is 0. The van der Waals surface area contributed by atoms with Crippen LogP contribution in [-0.2, 0) is 27.0 Å². The van der Waals surface area contributed by atoms with Gasteiger partial charge in [0.05, 0.1) is 28.9 Å². The number of nitrogens with zero attached hydrogens (tertiary/aromatic N) is 4. The number of rotatable bonds is 6. The number of esters is 1. The number of hydrogen-bond acceptors (Lipinski definition) is 6. The molecule has 1 saturated heterocycles. The first-order chi connectivity index (χ1) is 15.9. The first kappa shape index (κ1) is 26.0. The standard InChI is InChI=1S/C21H23Cl2F3N4O4/c1-12-19(23)20(21(24,25)26)27-30(12)10-18(32)28-6-7-29(15(9-28)11-34-13(2)31)14-4-5-16(22)17(8-14)33-3/h4-5,8,15H,6-7,9-11H2,1-3H3. The third-order valence-corrected chi connectivity index (χ3v) is 6.23. The quantitative estimate of drug-likeness (QED) is 0.537. The molecular formula is C21H23Cl2F3N4O4. The van der Waals surface area contributed by atoms with Gasteiger partial charge in [0.2, 0.25) is 5.91 Å². The maximum absolute atomic E-state index is 13.1. The van der Waals surface area contributed by atoms with Gasteiger partial charge < -0.3 is 19.3 Å². The van der Waals surface area contributed by atoms with Crippen molar-refractivity contribution in [3.05, 3.63) is 39.6 Å². The summed E-state index contributed by atoms with van der Waals surface area (Å²) in [5.74, 6) is -0.439. The van der Waals surface area contributed by atoms with E-state index in [1.54, 1.807) is 18.2 Å². The van der Waals surface area contributed by atoms with Crippen LogP contribution in [0, 0.1) is 6.92 Å². The molecule has 1 fully saturated rings. The van der Waals surface area contributed by atoms with E-state index in [1.165, 1.54) is 25.9 Å². The number of halogens is 5. The third kappa shape index (κ3) is 5.69. The van der Waals surface area contributed by atoms with Crippen molar-refractivity contribution in [2.45, 2.75) is 32.6 Å². The molecule has 0 spiro atoms. The second-order valence-corrected chi connectivity index (χ2v) is 8.50. The Kier molecular flexibility index (Phi) is 7.87. The minimum absolute atomic E-state index is 0.00883. The summed E-state index contributed by atoms with van der Waals surface area (Å²) in [5.41, 5.74) is -0.422. The Labute approximate surface area is 204 Å². The minimum Gasteiger partial charge on any atom is -0.495 e. The van der Waals surface area contributed by atoms with Crippen molar-refractivity contribution in [2.75, 3.05) is 38.3 Å². The number of alkyl halides is 3. The summed E-state index contributed by atoms with van der Waals surface area (Å²) >= 11 is 11.9. The normalized spacial score (nSPS) is 16.5. The molecule has 1 aliphatic heterocycles. The smallest absolute Gasteiger partial charge is 0.436 e. The lowest BCUT2D eigenvalue weighted by Gasteiger charge is -2.42. The van der Waals surface area contributed by atoms with E-state index in [0.717, 1.165) is 10.4 Å². The van der Waals surface area contributed by atoms with Crippen LogP contribution in [0.2, 0.25) is 10.0 Å². The molecular weight excluding hydrogens is 500 g/mol. The van der Waals surface area contributed by atoms with Gasteiger partial charge in [0, 0.05) is 38.3 Å². The number of carbonyl (C=O) groups is 2. The zero-order valence-corrected chi connectivity index (χ0v) is 20.2. The Morgan fingerprint density at radius 2 is 1.94 bits per heavy atom. The molecule has 0 aliphatic carbocycles. The lowest BCUT2D eigenvalue weighted by Crippen LogP contribution is -2.57. The van der Waals surface area contributed by atoms with Gasteiger partial charge >= 0.3 is 12.1 Å². The summed E-state index contributed by atoms with van der Waals surface area (Å²) in [6, 6.07) is 4.81. The highest BCUT2D eigenvalue weighted by atomic mass is 35.5. The van der Waals surface area contributed by atoms with E-state index in [2.05, 4.69) is 5.10 Å². The summed E-state index contributed by atoms with van der Waals surface area (Å²) < 4.78 is 50.7. The van der Waals surface area contributed by atoms with Crippen LogP contribution >= 0.6 is 23.2 Å². The molecule has 34 heavy (non-hydrogen) atoms. The van der Waals surface area contributed by atoms with Crippen LogP contribution in [0.25, 0.3) is 0 Å². The van der Waals surface area contributed by atoms with Gasteiger partial charge in [-0.05, 0) is 19.1 Å². The number of ether oxygens (including phenoxy) is 2. The average molecular weight is 523 g/mol. The summed E-state index contributed by atoms with van der Waals surface area (Å²) in [5, 5.41) is 3.39. The molecule has 1 aliphatic rings. The molecule has 0 N–H and O–H groups in total. The van der Waals surface area contributed by atoms with Crippen molar-refractivity contribution in [1.29, 1.82) is 0 Å². The maximum Gasteiger partial charge on any atom is 0.436 e. The first-order valence-electron chi connectivity index (χ1n) is 10.2. The van der Waals surface area contributed by atoms with Crippen molar-refractivity contribution in [3.63, 3.8) is 0 Å². The molecule has 2 aromatic rings. The van der Waals surface area contributed by atoms with Gasteiger partial charge in [-0.25, -0.2) is 0 Å². The predicted molar refractivity (Wildman–Crippen MR) is 119 cm³/mol. The largest absolute Gasteiger partial charge is 0.495 e. The van der Waals surface area contributed by atoms with Crippen LogP contribution in [0.1, 0.15) is 18.3 Å². The highest BCUT2D eigenvalue weighted by Gasteiger charge is 2.39. The van der Waals surface area contributed by atoms with E-state index in [1.807, 2.05) is 4.90 Å². The number of anilines is 1. The zero-order chi connectivity index (χ0) is 25.2. The highest BCUT2D eigenvalue weighted by Crippen LogP contribution is 2.35. The third-order valence-electron chi connectivity index (χ3n) is 5.47. The summed E-state index contributed by atoms with van der Waals surface area (Å²) in [7, 11) is 1.49. The lowest BCUT2D eigenvalue weighted by molar-refractivity contribution is -0.143. The molecule has 13 heteroatoms. The predicted octanol–water partition coefficient (Wildman–Crippen LogP) is 3.81. The van der Waals surface area contributed by atoms with E-state index >= 15 is 0 Å². The van der Waals surface area contributed by atoms with Crippen LogP contribution in [-0.4, -0.2) is 65.9 Å². The van der Waals surface area contributed by atoms with Crippen molar-refractivity contribution >= 4 is 40.8 Å². The topological polar surface area (TPSA) is 76.9 Å². The van der Waals surface area contributed by atoms with Crippen LogP contribution in [0.5, 0.6) is 5.75 Å². The van der Waals surface area contributed by atoms with Gasteiger partial charge in [0.15, 0.2) is 5.69 Å². The van der Waals surface area contributed by atoms with Gasteiger partial charge in [-0.3, -0.25) is 14.3 Å². The number of piperazine rings is 1. The van der Waals surface area contributed by atoms with E-state index in [0.29, 0.717) is 23.9 Å². The summed E-state index contributed by atoms with van der Waals surface area (Å²) in [4.78, 5) is 27.8. The fourth-order valence-electron chi connectivity index (χ4n) is 3.69. The molecule has 1 aromatic carbocycles. The Balaban J connectivity index is 1.79. The van der Waals surface area contributed by atoms with E-state index in [9.17, 15) is 22.8 Å². The molecule has 1 amide bonds. The van der Waals surface area contributed by atoms with Gasteiger partial charge in [-0.2, -0.15) is 18.3 Å². The second-order valence-electron chi connectivity index (χ2n) is 7.71. The van der Waals surface area contributed by atoms with E-state index < -0.39 is 41.4 Å². The fourth-order valence-corrected chi connectivity index (χ4v) is 4.13. The molecule has 1 unspecified atom stereocenters. The van der Waals surface area contributed by atoms with Gasteiger partial charge in [-0.1, -0.05) is 23.2 Å². The Morgan fingerprint density at radius 1 is 1.24 bits per heavy atom. The highest BCUT2D eigenvalue weighted by molar-refractivity contribution is 6.32. The van der Waals surface area contributed by atoms with Crippen LogP contribution in [0.3, 0.4) is 0 Å². The Morgan fingerprint density at radius 3 is 2.53 bits per heavy atom. The first-order valence-corrected chi connectivity index (χ1v) is 11.0. The van der Waals surface area contributed by atoms with Crippen LogP contribution in [0.15, 0.2) is 18.2 Å². The second kappa shape index (κ2) is 10.3. The van der Waals surface area contributed by atoms with Crippen molar-refractivity contribution in [1.82, 2.24) is 14.7 Å². The zero-order valence-electron chi connectivity index (χ0n) is 18.7. The Bertz CT molecular complexity index is 1080. The SMILES string of the molecule is COc1cc(N2CCN(C(=O)Cn3nc(C(F)(F)F)c(Cl)c3C)CC2COC(C)=O)ccc1Cl. The molecule has 1 aromatic heterocycles. The average Bonchev–Trinajstić information content (AvgIpc) is 3.06. The van der Waals surface area contributed by atoms with Crippen LogP contribution < -0.4 is 9.64 Å². The summed E-state index contributed by atoms with van der Waals surface area (Å²) in [6.45, 7) is 3.11. The minimum atomic E-state index is -4.73. The van der Waals surface area contributed by atoms with Gasteiger partial charge in [0.25, 0.3) is 0 Å². The van der Waals surface area contributed by atoms with Gasteiger partial charge in [-0.15, -0.1) is 0 Å². The van der Waals surface area contributed by atoms with Gasteiger partial charge in [0.1, 0.15) is 18.9 Å². The molecule has 1 atom stereocenters. The lowest BCUT2D eigenvalue weighted by atomic mass is 10.1. The fraction of sp³-hybridized carbons (Fsp3) is 0.476. The summed E-state index contributed by atoms with van der Waals surface area (Å²) in [6.07, 6.45) is -4.73. The number of amides is 1. The number of benzene rings is 1. The van der Waals surface area contributed by atoms with Crippen molar-refractivity contribution < 1.29 is 32.2 Å². The maximum atomic E-state index is 13.1. The van der Waals surface area contributed by atoms with Crippen molar-refractivity contribution in [3.8, 4) is 5.75 Å². The number of aromatic nitrogens is 2. The van der Waals surface area contributed by atoms with E-state index in [-0.39, 0.29) is 18.8 Å². The Hall–Kier alpha value is -2.66. The molecule has 0 bridgehead atoms. The van der Waals surface area contributed by atoms with Crippen LogP contribution in [0.4, 0.5) is 18.9 Å².